The number of rotatable bonds is 4. The number of aromatic nitrogens is 2. The summed E-state index contributed by atoms with van der Waals surface area (Å²) in [5.41, 5.74) is -0.00676. The zero-order valence-electron chi connectivity index (χ0n) is 9.71. The van der Waals surface area contributed by atoms with Gasteiger partial charge in [-0.15, -0.1) is 0 Å². The molecule has 0 bridgehead atoms. The predicted octanol–water partition coefficient (Wildman–Crippen LogP) is 2.15. The second kappa shape index (κ2) is 3.93. The van der Waals surface area contributed by atoms with Crippen LogP contribution in [-0.4, -0.2) is 16.2 Å². The maximum atomic E-state index is 5.06. The lowest BCUT2D eigenvalue weighted by molar-refractivity contribution is 0.149. The van der Waals surface area contributed by atoms with Crippen molar-refractivity contribution in [3.63, 3.8) is 0 Å². The minimum Gasteiger partial charge on any atom is -0.340 e. The molecule has 2 rings (SSSR count). The second-order valence-corrected chi connectivity index (χ2v) is 4.53. The molecule has 1 saturated carbocycles. The van der Waals surface area contributed by atoms with E-state index in [1.54, 1.807) is 0 Å². The van der Waals surface area contributed by atoms with Crippen LogP contribution in [0.3, 0.4) is 0 Å². The Morgan fingerprint density at radius 2 is 2.27 bits per heavy atom. The van der Waals surface area contributed by atoms with E-state index in [0.717, 1.165) is 25.1 Å². The van der Waals surface area contributed by atoms with Gasteiger partial charge in [0.05, 0.1) is 5.54 Å². The quantitative estimate of drug-likeness (QED) is 0.825. The minimum absolute atomic E-state index is 0.00676. The van der Waals surface area contributed by atoms with Crippen LogP contribution in [0, 0.1) is 6.92 Å². The van der Waals surface area contributed by atoms with Gasteiger partial charge in [-0.25, -0.2) is 0 Å². The van der Waals surface area contributed by atoms with E-state index < -0.39 is 0 Å². The topological polar surface area (TPSA) is 51.0 Å². The third-order valence-corrected chi connectivity index (χ3v) is 3.30. The Morgan fingerprint density at radius 3 is 2.67 bits per heavy atom. The smallest absolute Gasteiger partial charge is 0.223 e. The van der Waals surface area contributed by atoms with Crippen molar-refractivity contribution in [1.82, 2.24) is 15.5 Å². The second-order valence-electron chi connectivity index (χ2n) is 4.53. The van der Waals surface area contributed by atoms with Gasteiger partial charge < -0.3 is 9.84 Å². The van der Waals surface area contributed by atoms with Crippen LogP contribution in [0.2, 0.25) is 0 Å². The first-order chi connectivity index (χ1) is 7.16. The van der Waals surface area contributed by atoms with Gasteiger partial charge in [0.25, 0.3) is 0 Å². The first-order valence-corrected chi connectivity index (χ1v) is 5.75. The summed E-state index contributed by atoms with van der Waals surface area (Å²) in [5.74, 6) is 1.49. The standard InChI is InChI=1S/C11H19N3O/c1-4-8(2)13-11(6-5-7-11)10-12-9(3)15-14-10/h8,13H,4-7H2,1-3H3. The van der Waals surface area contributed by atoms with Gasteiger partial charge in [-0.2, -0.15) is 4.98 Å². The van der Waals surface area contributed by atoms with Gasteiger partial charge in [-0.3, -0.25) is 0 Å². The van der Waals surface area contributed by atoms with Crippen LogP contribution in [0.15, 0.2) is 4.52 Å². The lowest BCUT2D eigenvalue weighted by atomic mass is 9.75. The van der Waals surface area contributed by atoms with E-state index in [1.165, 1.54) is 6.42 Å². The van der Waals surface area contributed by atoms with E-state index in [2.05, 4.69) is 29.3 Å². The van der Waals surface area contributed by atoms with E-state index in [1.807, 2.05) is 6.92 Å². The number of hydrogen-bond donors (Lipinski definition) is 1. The lowest BCUT2D eigenvalue weighted by Crippen LogP contribution is -2.52. The zero-order chi connectivity index (χ0) is 10.9. The molecular weight excluding hydrogens is 190 g/mol. The van der Waals surface area contributed by atoms with Gasteiger partial charge in [-0.05, 0) is 32.6 Å². The van der Waals surface area contributed by atoms with Crippen LogP contribution in [0.1, 0.15) is 51.2 Å². The van der Waals surface area contributed by atoms with Crippen LogP contribution in [0.25, 0.3) is 0 Å². The van der Waals surface area contributed by atoms with Gasteiger partial charge in [0.1, 0.15) is 0 Å². The fourth-order valence-electron chi connectivity index (χ4n) is 2.03. The van der Waals surface area contributed by atoms with Crippen LogP contribution < -0.4 is 5.32 Å². The molecule has 1 atom stereocenters. The molecule has 1 aliphatic rings. The molecule has 4 heteroatoms. The van der Waals surface area contributed by atoms with E-state index >= 15 is 0 Å². The molecule has 1 aromatic rings. The molecule has 1 unspecified atom stereocenters. The molecule has 0 spiro atoms. The summed E-state index contributed by atoms with van der Waals surface area (Å²) < 4.78 is 5.06. The molecule has 0 aliphatic heterocycles. The molecule has 1 aromatic heterocycles. The molecule has 0 aromatic carbocycles. The highest BCUT2D eigenvalue weighted by molar-refractivity contribution is 5.10. The summed E-state index contributed by atoms with van der Waals surface area (Å²) >= 11 is 0. The van der Waals surface area contributed by atoms with Crippen LogP contribution in [-0.2, 0) is 5.54 Å². The van der Waals surface area contributed by atoms with Gasteiger partial charge >= 0.3 is 0 Å². The first-order valence-electron chi connectivity index (χ1n) is 5.75. The fraction of sp³-hybridized carbons (Fsp3) is 0.818. The summed E-state index contributed by atoms with van der Waals surface area (Å²) in [4.78, 5) is 4.35. The molecule has 1 fully saturated rings. The highest BCUT2D eigenvalue weighted by Crippen LogP contribution is 2.40. The monoisotopic (exact) mass is 209 g/mol. The highest BCUT2D eigenvalue weighted by Gasteiger charge is 2.43. The summed E-state index contributed by atoms with van der Waals surface area (Å²) in [5, 5.41) is 7.67. The Bertz CT molecular complexity index is 330. The van der Waals surface area contributed by atoms with Gasteiger partial charge in [0.15, 0.2) is 5.82 Å². The lowest BCUT2D eigenvalue weighted by Gasteiger charge is -2.41. The zero-order valence-corrected chi connectivity index (χ0v) is 9.71. The summed E-state index contributed by atoms with van der Waals surface area (Å²) in [6, 6.07) is 0.504. The first kappa shape index (κ1) is 10.6. The van der Waals surface area contributed by atoms with Crippen molar-refractivity contribution in [2.24, 2.45) is 0 Å². The third kappa shape index (κ3) is 1.91. The Morgan fingerprint density at radius 1 is 1.53 bits per heavy atom. The average molecular weight is 209 g/mol. The molecule has 1 heterocycles. The van der Waals surface area contributed by atoms with E-state index in [4.69, 9.17) is 4.52 Å². The SMILES string of the molecule is CCC(C)NC1(c2noc(C)n2)CCC1. The summed E-state index contributed by atoms with van der Waals surface area (Å²) in [7, 11) is 0. The average Bonchev–Trinajstić information content (AvgIpc) is 2.58. The van der Waals surface area contributed by atoms with Gasteiger partial charge in [0, 0.05) is 13.0 Å². The Kier molecular flexibility index (Phi) is 2.78. The van der Waals surface area contributed by atoms with E-state index in [-0.39, 0.29) is 5.54 Å². The summed E-state index contributed by atoms with van der Waals surface area (Å²) in [6.45, 7) is 6.23. The number of nitrogens with zero attached hydrogens (tertiary/aromatic N) is 2. The van der Waals surface area contributed by atoms with Crippen molar-refractivity contribution in [3.8, 4) is 0 Å². The number of nitrogens with one attached hydrogen (secondary N) is 1. The third-order valence-electron chi connectivity index (χ3n) is 3.30. The highest BCUT2D eigenvalue weighted by atomic mass is 16.5. The molecule has 0 amide bonds. The Balaban J connectivity index is 2.14. The predicted molar refractivity (Wildman–Crippen MR) is 57.5 cm³/mol. The Labute approximate surface area is 90.4 Å². The van der Waals surface area contributed by atoms with Crippen molar-refractivity contribution >= 4 is 0 Å². The Hall–Kier alpha value is -0.900. The number of hydrogen-bond acceptors (Lipinski definition) is 4. The normalized spacial score (nSPS) is 21.0. The van der Waals surface area contributed by atoms with Crippen molar-refractivity contribution in [3.05, 3.63) is 11.7 Å². The molecule has 1 aliphatic carbocycles. The largest absolute Gasteiger partial charge is 0.340 e. The summed E-state index contributed by atoms with van der Waals surface area (Å²) in [6.07, 6.45) is 4.61. The maximum absolute atomic E-state index is 5.06. The molecule has 15 heavy (non-hydrogen) atoms. The molecule has 0 saturated heterocycles. The number of aryl methyl sites for hydroxylation is 1. The molecule has 4 nitrogen and oxygen atoms in total. The van der Waals surface area contributed by atoms with Gasteiger partial charge in [-0.1, -0.05) is 12.1 Å². The molecule has 1 N–H and O–H groups in total. The van der Waals surface area contributed by atoms with E-state index in [0.29, 0.717) is 11.9 Å². The maximum Gasteiger partial charge on any atom is 0.223 e. The van der Waals surface area contributed by atoms with E-state index in [9.17, 15) is 0 Å². The van der Waals surface area contributed by atoms with Crippen LogP contribution in [0.5, 0.6) is 0 Å². The van der Waals surface area contributed by atoms with Crippen molar-refractivity contribution < 1.29 is 4.52 Å². The minimum atomic E-state index is -0.00676. The van der Waals surface area contributed by atoms with Crippen LogP contribution in [0.4, 0.5) is 0 Å². The fourth-order valence-corrected chi connectivity index (χ4v) is 2.03. The van der Waals surface area contributed by atoms with Crippen LogP contribution >= 0.6 is 0 Å². The van der Waals surface area contributed by atoms with Crippen molar-refractivity contribution in [2.45, 2.75) is 58.0 Å². The van der Waals surface area contributed by atoms with Gasteiger partial charge in [0.2, 0.25) is 5.89 Å². The molecule has 0 radical (unpaired) electrons. The molecular formula is C11H19N3O. The van der Waals surface area contributed by atoms with Crippen molar-refractivity contribution in [2.75, 3.05) is 0 Å². The van der Waals surface area contributed by atoms with Crippen molar-refractivity contribution in [1.29, 1.82) is 0 Å². The molecule has 84 valence electrons.